The molecule has 0 aliphatic rings. The Balaban J connectivity index is 2.03. The smallest absolute Gasteiger partial charge is 0.429 e. The molecule has 0 aromatic heterocycles. The van der Waals surface area contributed by atoms with Crippen molar-refractivity contribution >= 4 is 25.0 Å². The zero-order valence-electron chi connectivity index (χ0n) is 14.9. The minimum absolute atomic E-state index is 0.00284. The first-order valence-electron chi connectivity index (χ1n) is 7.86. The van der Waals surface area contributed by atoms with E-state index in [-0.39, 0.29) is 22.1 Å². The van der Waals surface area contributed by atoms with Crippen LogP contribution in [0.5, 0.6) is 5.75 Å². The molecule has 0 bridgehead atoms. The van der Waals surface area contributed by atoms with E-state index in [2.05, 4.69) is 25.9 Å². The molecule has 0 aliphatic carbocycles. The van der Waals surface area contributed by atoms with E-state index in [1.807, 2.05) is 12.1 Å². The number of halogens is 3. The Hall–Kier alpha value is -1.59. The molecule has 2 rings (SSSR count). The molecule has 2 aromatic carbocycles. The van der Waals surface area contributed by atoms with Gasteiger partial charge in [-0.05, 0) is 59.1 Å². The fourth-order valence-electron chi connectivity index (χ4n) is 2.21. The van der Waals surface area contributed by atoms with E-state index >= 15 is 0 Å². The van der Waals surface area contributed by atoms with Crippen LogP contribution in [0.3, 0.4) is 0 Å². The van der Waals surface area contributed by atoms with Gasteiger partial charge in [-0.2, -0.15) is 13.2 Å². The predicted octanol–water partition coefficient (Wildman–Crippen LogP) is 6.91. The Morgan fingerprint density at radius 2 is 1.50 bits per heavy atom. The van der Waals surface area contributed by atoms with Gasteiger partial charge in [0.25, 0.3) is 0 Å². The molecule has 0 radical (unpaired) electrons. The van der Waals surface area contributed by atoms with Gasteiger partial charge >= 0.3 is 13.0 Å². The Kier molecular flexibility index (Phi) is 6.03. The summed E-state index contributed by atoms with van der Waals surface area (Å²) in [5.41, 5.74) is -2.78. The van der Waals surface area contributed by atoms with Crippen LogP contribution in [0.25, 0.3) is 0 Å². The highest BCUT2D eigenvalue weighted by Crippen LogP contribution is 2.44. The van der Waals surface area contributed by atoms with Gasteiger partial charge in [-0.25, -0.2) is 0 Å². The highest BCUT2D eigenvalue weighted by Gasteiger charge is 2.29. The Morgan fingerprint density at radius 3 is 1.96 bits per heavy atom. The van der Waals surface area contributed by atoms with Crippen LogP contribution in [0, 0.1) is 0 Å². The third-order valence-electron chi connectivity index (χ3n) is 3.42. The topological polar surface area (TPSA) is 38.3 Å². The summed E-state index contributed by atoms with van der Waals surface area (Å²) < 4.78 is 55.2. The van der Waals surface area contributed by atoms with Gasteiger partial charge in [0.1, 0.15) is 5.75 Å². The molecule has 0 fully saturated rings. The first-order chi connectivity index (χ1) is 11.8. The molecule has 142 valence electrons. The van der Waals surface area contributed by atoms with Crippen molar-refractivity contribution in [3.63, 3.8) is 0 Å². The normalized spacial score (nSPS) is 14.6. The molecule has 1 N–H and O–H groups in total. The van der Waals surface area contributed by atoms with Gasteiger partial charge in [-0.1, -0.05) is 32.9 Å². The lowest BCUT2D eigenvalue weighted by Gasteiger charge is -2.21. The zero-order valence-corrected chi connectivity index (χ0v) is 16.6. The number of benzene rings is 2. The number of nitrogens with one attached hydrogen (secondary N) is 1. The van der Waals surface area contributed by atoms with Gasteiger partial charge in [0.05, 0.1) is 0 Å². The summed E-state index contributed by atoms with van der Waals surface area (Å²) in [5.74, 6) is 0.459. The quantitative estimate of drug-likeness (QED) is 0.435. The average molecular weight is 403 g/mol. The monoisotopic (exact) mass is 403 g/mol. The SMILES string of the molecule is CC(C)(C)c1ccc(O[P@@](C)(=O)Nc2ccc(SC(F)(F)F)cc2)cc1. The number of hydrogen-bond acceptors (Lipinski definition) is 3. The van der Waals surface area contributed by atoms with Crippen LogP contribution in [0.1, 0.15) is 26.3 Å². The molecule has 0 heterocycles. The molecule has 0 spiro atoms. The second kappa shape index (κ2) is 7.57. The third-order valence-corrected chi connectivity index (χ3v) is 5.38. The molecule has 0 saturated heterocycles. The summed E-state index contributed by atoms with van der Waals surface area (Å²) in [6.07, 6.45) is 0. The Labute approximate surface area is 155 Å². The molecule has 2 aromatic rings. The van der Waals surface area contributed by atoms with Crippen molar-refractivity contribution in [1.29, 1.82) is 0 Å². The first-order valence-corrected chi connectivity index (χ1v) is 10.7. The number of hydrogen-bond donors (Lipinski definition) is 1. The van der Waals surface area contributed by atoms with Crippen LogP contribution in [-0.4, -0.2) is 12.2 Å². The van der Waals surface area contributed by atoms with Gasteiger partial charge in [-0.15, -0.1) is 0 Å². The van der Waals surface area contributed by atoms with Crippen molar-refractivity contribution in [3.05, 3.63) is 54.1 Å². The van der Waals surface area contributed by atoms with E-state index in [0.717, 1.165) is 5.56 Å². The number of anilines is 1. The van der Waals surface area contributed by atoms with Crippen molar-refractivity contribution < 1.29 is 22.3 Å². The number of thioether (sulfide) groups is 1. The molecule has 8 heteroatoms. The summed E-state index contributed by atoms with van der Waals surface area (Å²) in [4.78, 5) is 0.0627. The molecule has 0 aliphatic heterocycles. The lowest BCUT2D eigenvalue weighted by molar-refractivity contribution is -0.0328. The van der Waals surface area contributed by atoms with E-state index in [0.29, 0.717) is 11.4 Å². The van der Waals surface area contributed by atoms with Gasteiger partial charge in [0.2, 0.25) is 0 Å². The predicted molar refractivity (Wildman–Crippen MR) is 101 cm³/mol. The van der Waals surface area contributed by atoms with Crippen molar-refractivity contribution in [3.8, 4) is 5.75 Å². The van der Waals surface area contributed by atoms with Crippen LogP contribution in [0.15, 0.2) is 53.4 Å². The van der Waals surface area contributed by atoms with Gasteiger partial charge in [-0.3, -0.25) is 4.57 Å². The van der Waals surface area contributed by atoms with Crippen LogP contribution in [0.2, 0.25) is 0 Å². The fourth-order valence-corrected chi connectivity index (χ4v) is 3.93. The van der Waals surface area contributed by atoms with E-state index < -0.39 is 13.0 Å². The van der Waals surface area contributed by atoms with E-state index in [1.54, 1.807) is 12.1 Å². The summed E-state index contributed by atoms with van der Waals surface area (Å²) in [6, 6.07) is 12.9. The second-order valence-electron chi connectivity index (χ2n) is 6.90. The Morgan fingerprint density at radius 1 is 0.962 bits per heavy atom. The lowest BCUT2D eigenvalue weighted by Crippen LogP contribution is -2.10. The Bertz CT molecular complexity index is 784. The van der Waals surface area contributed by atoms with E-state index in [9.17, 15) is 17.7 Å². The van der Waals surface area contributed by atoms with Crippen LogP contribution >= 0.6 is 19.3 Å². The molecular weight excluding hydrogens is 382 g/mol. The molecule has 1 atom stereocenters. The van der Waals surface area contributed by atoms with Crippen LogP contribution < -0.4 is 9.61 Å². The van der Waals surface area contributed by atoms with Crippen molar-refractivity contribution in [2.75, 3.05) is 11.8 Å². The molecule has 0 amide bonds. The first kappa shape index (κ1) is 20.7. The maximum Gasteiger partial charge on any atom is 0.446 e. The highest BCUT2D eigenvalue weighted by atomic mass is 32.2. The maximum atomic E-state index is 12.6. The van der Waals surface area contributed by atoms with Gasteiger partial charge in [0, 0.05) is 17.2 Å². The van der Waals surface area contributed by atoms with Crippen molar-refractivity contribution in [2.24, 2.45) is 0 Å². The van der Waals surface area contributed by atoms with Gasteiger partial charge in [0.15, 0.2) is 0 Å². The molecule has 3 nitrogen and oxygen atoms in total. The fraction of sp³-hybridized carbons (Fsp3) is 0.333. The molecule has 26 heavy (non-hydrogen) atoms. The summed E-state index contributed by atoms with van der Waals surface area (Å²) >= 11 is -0.195. The second-order valence-corrected chi connectivity index (χ2v) is 10.1. The van der Waals surface area contributed by atoms with Crippen molar-refractivity contribution in [1.82, 2.24) is 0 Å². The van der Waals surface area contributed by atoms with Gasteiger partial charge < -0.3 is 9.61 Å². The molecule has 0 unspecified atom stereocenters. The zero-order chi connectivity index (χ0) is 19.6. The van der Waals surface area contributed by atoms with Crippen LogP contribution in [-0.2, 0) is 9.98 Å². The minimum atomic E-state index is -4.34. The standard InChI is InChI=1S/C18H21F3NO2PS/c1-17(2,3)13-5-9-15(10-6-13)24-25(4,23)22-14-7-11-16(12-8-14)26-18(19,20)21/h5-12H,1-4H3,(H,22,23)/t25-/m1/s1. The van der Waals surface area contributed by atoms with E-state index in [1.165, 1.54) is 30.9 Å². The maximum absolute atomic E-state index is 12.6. The number of rotatable bonds is 5. The van der Waals surface area contributed by atoms with E-state index in [4.69, 9.17) is 4.52 Å². The summed E-state index contributed by atoms with van der Waals surface area (Å²) in [7, 11) is -3.23. The molecular formula is C18H21F3NO2PS. The van der Waals surface area contributed by atoms with Crippen LogP contribution in [0.4, 0.5) is 18.9 Å². The lowest BCUT2D eigenvalue weighted by atomic mass is 9.87. The highest BCUT2D eigenvalue weighted by molar-refractivity contribution is 8.00. The molecule has 0 saturated carbocycles. The summed E-state index contributed by atoms with van der Waals surface area (Å²) in [5, 5.41) is 2.74. The van der Waals surface area contributed by atoms with Crippen molar-refractivity contribution in [2.45, 2.75) is 36.6 Å². The third kappa shape index (κ3) is 6.61. The minimum Gasteiger partial charge on any atom is -0.429 e. The summed E-state index contributed by atoms with van der Waals surface area (Å²) in [6.45, 7) is 7.70. The largest absolute Gasteiger partial charge is 0.446 e. The average Bonchev–Trinajstić information content (AvgIpc) is 2.46. The number of alkyl halides is 3.